The number of nitrogens with two attached hydrogens (primary N) is 1. The van der Waals surface area contributed by atoms with Crippen LogP contribution in [0.25, 0.3) is 0 Å². The van der Waals surface area contributed by atoms with E-state index in [1.165, 1.54) is 19.3 Å². The van der Waals surface area contributed by atoms with Crippen molar-refractivity contribution in [1.82, 2.24) is 15.2 Å². The third kappa shape index (κ3) is 2.14. The smallest absolute Gasteiger partial charge is 0.216 e. The number of anilines is 1. The Balaban J connectivity index is 1.71. The summed E-state index contributed by atoms with van der Waals surface area (Å²) in [7, 11) is 0. The Morgan fingerprint density at radius 2 is 2.42 bits per heavy atom. The number of aromatic nitrogens is 3. The van der Waals surface area contributed by atoms with Crippen LogP contribution in [0, 0.1) is 5.92 Å². The fourth-order valence-electron chi connectivity index (χ4n) is 1.05. The maximum atomic E-state index is 5.38. The van der Waals surface area contributed by atoms with E-state index in [4.69, 9.17) is 5.73 Å². The van der Waals surface area contributed by atoms with Gasteiger partial charge in [0, 0.05) is 5.75 Å². The van der Waals surface area contributed by atoms with Crippen LogP contribution in [-0.4, -0.2) is 20.9 Å². The van der Waals surface area contributed by atoms with Crippen LogP contribution in [0.3, 0.4) is 0 Å². The van der Waals surface area contributed by atoms with Gasteiger partial charge in [-0.2, -0.15) is 4.98 Å². The first-order valence-corrected chi connectivity index (χ1v) is 5.14. The van der Waals surface area contributed by atoms with Crippen molar-refractivity contribution in [3.63, 3.8) is 0 Å². The third-order valence-electron chi connectivity index (χ3n) is 1.94. The van der Waals surface area contributed by atoms with Gasteiger partial charge in [-0.15, -0.1) is 5.10 Å². The van der Waals surface area contributed by atoms with Gasteiger partial charge in [-0.25, -0.2) is 5.10 Å². The summed E-state index contributed by atoms with van der Waals surface area (Å²) in [5, 5.41) is 7.32. The molecule has 1 saturated carbocycles. The standard InChI is InChI=1S/C7H12N4S/c8-6-9-7(11-10-6)12-4-3-5-1-2-5/h5H,1-4H2,(H3,8,9,10,11). The van der Waals surface area contributed by atoms with E-state index in [2.05, 4.69) is 15.2 Å². The fraction of sp³-hybridized carbons (Fsp3) is 0.714. The van der Waals surface area contributed by atoms with Gasteiger partial charge < -0.3 is 5.73 Å². The highest BCUT2D eigenvalue weighted by atomic mass is 32.2. The molecule has 1 fully saturated rings. The lowest BCUT2D eigenvalue weighted by Gasteiger charge is -1.92. The van der Waals surface area contributed by atoms with Crippen molar-refractivity contribution in [2.75, 3.05) is 11.5 Å². The fourth-order valence-corrected chi connectivity index (χ4v) is 1.95. The van der Waals surface area contributed by atoms with E-state index < -0.39 is 0 Å². The van der Waals surface area contributed by atoms with Gasteiger partial charge in [0.05, 0.1) is 0 Å². The first-order chi connectivity index (χ1) is 5.84. The summed E-state index contributed by atoms with van der Waals surface area (Å²) >= 11 is 1.68. The molecule has 1 heterocycles. The highest BCUT2D eigenvalue weighted by Gasteiger charge is 2.20. The summed E-state index contributed by atoms with van der Waals surface area (Å²) in [6, 6.07) is 0. The molecule has 0 unspecified atom stereocenters. The number of nitrogens with zero attached hydrogens (tertiary/aromatic N) is 2. The Labute approximate surface area is 75.3 Å². The molecule has 1 aromatic heterocycles. The molecule has 0 aromatic carbocycles. The first-order valence-electron chi connectivity index (χ1n) is 4.15. The van der Waals surface area contributed by atoms with Gasteiger partial charge in [0.1, 0.15) is 0 Å². The molecular formula is C7H12N4S. The third-order valence-corrected chi connectivity index (χ3v) is 2.82. The van der Waals surface area contributed by atoms with E-state index in [1.54, 1.807) is 11.8 Å². The van der Waals surface area contributed by atoms with E-state index in [1.807, 2.05) is 0 Å². The number of hydrogen-bond donors (Lipinski definition) is 2. The molecule has 12 heavy (non-hydrogen) atoms. The van der Waals surface area contributed by atoms with Crippen LogP contribution >= 0.6 is 11.8 Å². The van der Waals surface area contributed by atoms with Gasteiger partial charge in [-0.1, -0.05) is 24.6 Å². The van der Waals surface area contributed by atoms with Crippen molar-refractivity contribution in [2.24, 2.45) is 5.92 Å². The van der Waals surface area contributed by atoms with Crippen LogP contribution in [0.2, 0.25) is 0 Å². The van der Waals surface area contributed by atoms with Crippen LogP contribution in [0.1, 0.15) is 19.3 Å². The predicted molar refractivity (Wildman–Crippen MR) is 48.9 cm³/mol. The Hall–Kier alpha value is -0.710. The number of hydrogen-bond acceptors (Lipinski definition) is 4. The number of H-pyrrole nitrogens is 1. The highest BCUT2D eigenvalue weighted by Crippen LogP contribution is 2.34. The predicted octanol–water partition coefficient (Wildman–Crippen LogP) is 1.28. The van der Waals surface area contributed by atoms with Gasteiger partial charge in [-0.05, 0) is 12.3 Å². The minimum absolute atomic E-state index is 0.406. The molecular weight excluding hydrogens is 172 g/mol. The molecule has 0 bridgehead atoms. The maximum Gasteiger partial charge on any atom is 0.216 e. The molecule has 1 aliphatic carbocycles. The molecule has 0 aliphatic heterocycles. The number of thioether (sulfide) groups is 1. The molecule has 3 N–H and O–H groups in total. The minimum Gasteiger partial charge on any atom is -0.368 e. The number of nitrogen functional groups attached to an aromatic ring is 1. The monoisotopic (exact) mass is 184 g/mol. The first kappa shape index (κ1) is 7.91. The Kier molecular flexibility index (Phi) is 2.21. The molecule has 0 radical (unpaired) electrons. The van der Waals surface area contributed by atoms with Crippen molar-refractivity contribution in [3.8, 4) is 0 Å². The summed E-state index contributed by atoms with van der Waals surface area (Å²) in [6.45, 7) is 0. The maximum absolute atomic E-state index is 5.38. The van der Waals surface area contributed by atoms with E-state index >= 15 is 0 Å². The molecule has 0 spiro atoms. The zero-order valence-corrected chi connectivity index (χ0v) is 7.60. The van der Waals surface area contributed by atoms with Gasteiger partial charge >= 0.3 is 0 Å². The van der Waals surface area contributed by atoms with E-state index in [0.29, 0.717) is 5.95 Å². The van der Waals surface area contributed by atoms with E-state index in [-0.39, 0.29) is 0 Å². The van der Waals surface area contributed by atoms with Crippen molar-refractivity contribution >= 4 is 17.7 Å². The van der Waals surface area contributed by atoms with Crippen LogP contribution in [-0.2, 0) is 0 Å². The summed E-state index contributed by atoms with van der Waals surface area (Å²) in [4.78, 5) is 4.00. The van der Waals surface area contributed by atoms with Crippen LogP contribution in [0.4, 0.5) is 5.95 Å². The van der Waals surface area contributed by atoms with Gasteiger partial charge in [0.15, 0.2) is 0 Å². The highest BCUT2D eigenvalue weighted by molar-refractivity contribution is 7.99. The second-order valence-electron chi connectivity index (χ2n) is 3.08. The normalized spacial score (nSPS) is 16.7. The molecule has 1 aromatic rings. The van der Waals surface area contributed by atoms with Crippen molar-refractivity contribution < 1.29 is 0 Å². The van der Waals surface area contributed by atoms with Crippen molar-refractivity contribution in [3.05, 3.63) is 0 Å². The molecule has 66 valence electrons. The summed E-state index contributed by atoms with van der Waals surface area (Å²) < 4.78 is 0. The van der Waals surface area contributed by atoms with Crippen molar-refractivity contribution in [1.29, 1.82) is 0 Å². The van der Waals surface area contributed by atoms with Crippen LogP contribution in [0.5, 0.6) is 0 Å². The zero-order valence-electron chi connectivity index (χ0n) is 6.79. The molecule has 2 rings (SSSR count). The lowest BCUT2D eigenvalue weighted by atomic mass is 10.3. The number of aromatic amines is 1. The number of nitrogens with one attached hydrogen (secondary N) is 1. The van der Waals surface area contributed by atoms with Crippen LogP contribution < -0.4 is 5.73 Å². The summed E-state index contributed by atoms with van der Waals surface area (Å²) in [6.07, 6.45) is 4.12. The Morgan fingerprint density at radius 1 is 1.58 bits per heavy atom. The largest absolute Gasteiger partial charge is 0.368 e. The van der Waals surface area contributed by atoms with Gasteiger partial charge in [0.2, 0.25) is 11.1 Å². The van der Waals surface area contributed by atoms with Crippen molar-refractivity contribution in [2.45, 2.75) is 24.4 Å². The summed E-state index contributed by atoms with van der Waals surface area (Å²) in [5.74, 6) is 2.50. The molecule has 1 aliphatic rings. The molecule has 5 heteroatoms. The average molecular weight is 184 g/mol. The molecule has 0 amide bonds. The molecule has 4 nitrogen and oxygen atoms in total. The molecule has 0 atom stereocenters. The summed E-state index contributed by atoms with van der Waals surface area (Å²) in [5.41, 5.74) is 5.38. The van der Waals surface area contributed by atoms with Gasteiger partial charge in [0.25, 0.3) is 0 Å². The Morgan fingerprint density at radius 3 is 3.00 bits per heavy atom. The van der Waals surface area contributed by atoms with Gasteiger partial charge in [-0.3, -0.25) is 0 Å². The second kappa shape index (κ2) is 3.35. The second-order valence-corrected chi connectivity index (χ2v) is 4.15. The quantitative estimate of drug-likeness (QED) is 0.692. The zero-order chi connectivity index (χ0) is 8.39. The van der Waals surface area contributed by atoms with Crippen LogP contribution in [0.15, 0.2) is 5.16 Å². The topological polar surface area (TPSA) is 67.6 Å². The SMILES string of the molecule is Nc1nc(SCCC2CC2)n[nH]1. The minimum atomic E-state index is 0.406. The van der Waals surface area contributed by atoms with E-state index in [9.17, 15) is 0 Å². The number of rotatable bonds is 4. The average Bonchev–Trinajstić information content (AvgIpc) is 2.76. The van der Waals surface area contributed by atoms with E-state index in [0.717, 1.165) is 16.8 Å². The lowest BCUT2D eigenvalue weighted by molar-refractivity contribution is 0.806. The Bertz CT molecular complexity index is 256. The lowest BCUT2D eigenvalue weighted by Crippen LogP contribution is -1.85. The molecule has 0 saturated heterocycles.